The van der Waals surface area contributed by atoms with Crippen LogP contribution in [-0.2, 0) is 10.0 Å². The van der Waals surface area contributed by atoms with E-state index in [0.29, 0.717) is 5.69 Å². The summed E-state index contributed by atoms with van der Waals surface area (Å²) < 4.78 is 32.0. The highest BCUT2D eigenvalue weighted by molar-refractivity contribution is 7.90. The molecule has 2 aromatic carbocycles. The van der Waals surface area contributed by atoms with Crippen molar-refractivity contribution in [2.75, 3.05) is 19.5 Å². The number of benzene rings is 2. The van der Waals surface area contributed by atoms with E-state index in [1.54, 1.807) is 18.2 Å². The van der Waals surface area contributed by atoms with E-state index in [2.05, 4.69) is 10.6 Å². The number of hydrogen-bond acceptors (Lipinski definition) is 5. The summed E-state index contributed by atoms with van der Waals surface area (Å²) >= 11 is 0. The van der Waals surface area contributed by atoms with Gasteiger partial charge in [-0.3, -0.25) is 4.79 Å². The summed E-state index contributed by atoms with van der Waals surface area (Å²) in [6.45, 7) is 0. The van der Waals surface area contributed by atoms with E-state index in [9.17, 15) is 18.0 Å². The Morgan fingerprint density at radius 1 is 1.04 bits per heavy atom. The average Bonchev–Trinajstić information content (AvgIpc) is 2.61. The monoisotopic (exact) mass is 363 g/mol. The quantitative estimate of drug-likeness (QED) is 0.746. The molecule has 25 heavy (non-hydrogen) atoms. The molecule has 2 aromatic rings. The maximum Gasteiger partial charge on any atom is 0.318 e. The second kappa shape index (κ2) is 7.67. The number of methoxy groups -OCH3 is 1. The molecule has 0 saturated heterocycles. The zero-order valence-corrected chi connectivity index (χ0v) is 14.4. The fourth-order valence-electron chi connectivity index (χ4n) is 1.99. The molecule has 0 saturated carbocycles. The molecule has 0 aliphatic rings. The zero-order chi connectivity index (χ0) is 18.4. The van der Waals surface area contributed by atoms with Gasteiger partial charge >= 0.3 is 6.03 Å². The van der Waals surface area contributed by atoms with Crippen LogP contribution in [0.1, 0.15) is 10.4 Å². The number of ether oxygens (including phenoxy) is 1. The number of carbonyl (C=O) groups excluding carboxylic acids is 2. The van der Waals surface area contributed by atoms with E-state index in [4.69, 9.17) is 4.74 Å². The summed E-state index contributed by atoms with van der Waals surface area (Å²) in [5, 5.41) is 4.87. The maximum absolute atomic E-state index is 12.5. The molecule has 0 aliphatic heterocycles. The lowest BCUT2D eigenvalue weighted by Crippen LogP contribution is -2.31. The predicted octanol–water partition coefficient (Wildman–Crippen LogP) is 1.57. The molecule has 0 spiro atoms. The van der Waals surface area contributed by atoms with Crippen molar-refractivity contribution < 1.29 is 22.7 Å². The van der Waals surface area contributed by atoms with Gasteiger partial charge in [-0.05, 0) is 24.3 Å². The largest absolute Gasteiger partial charge is 0.495 e. The Balaban J connectivity index is 2.29. The molecule has 0 atom stereocenters. The highest BCUT2D eigenvalue weighted by atomic mass is 32.2. The normalized spacial score (nSPS) is 10.6. The van der Waals surface area contributed by atoms with Crippen LogP contribution in [0.2, 0.25) is 0 Å². The summed E-state index contributed by atoms with van der Waals surface area (Å²) in [5.74, 6) is -0.766. The topological polar surface area (TPSA) is 114 Å². The molecule has 0 aliphatic carbocycles. The van der Waals surface area contributed by atoms with E-state index >= 15 is 0 Å². The Bertz CT molecular complexity index is 882. The predicted molar refractivity (Wildman–Crippen MR) is 92.2 cm³/mol. The number of rotatable bonds is 5. The van der Waals surface area contributed by atoms with E-state index < -0.39 is 22.0 Å². The molecule has 0 radical (unpaired) electrons. The summed E-state index contributed by atoms with van der Waals surface area (Å²) in [6.07, 6.45) is 0. The maximum atomic E-state index is 12.5. The van der Waals surface area contributed by atoms with Crippen molar-refractivity contribution >= 4 is 27.6 Å². The fourth-order valence-corrected chi connectivity index (χ4v) is 3.11. The first-order valence-corrected chi connectivity index (χ1v) is 8.64. The van der Waals surface area contributed by atoms with Crippen LogP contribution in [0.3, 0.4) is 0 Å². The van der Waals surface area contributed by atoms with Gasteiger partial charge in [0.25, 0.3) is 15.9 Å². The minimum Gasteiger partial charge on any atom is -0.495 e. The molecular formula is C16H17N3O5S. The third kappa shape index (κ3) is 4.48. The molecule has 132 valence electrons. The first-order valence-electron chi connectivity index (χ1n) is 7.16. The standard InChI is InChI=1S/C16H17N3O5S/c1-17-16(21)18-12-8-9-14(13(10-12)24-2)25(22,23)19-15(20)11-6-4-3-5-7-11/h3-10H,1-2H3,(H,19,20)(H2,17,18,21). The van der Waals surface area contributed by atoms with Gasteiger partial charge in [0.1, 0.15) is 10.6 Å². The minimum atomic E-state index is -4.15. The van der Waals surface area contributed by atoms with E-state index in [0.717, 1.165) is 0 Å². The summed E-state index contributed by atoms with van der Waals surface area (Å²) in [4.78, 5) is 23.2. The number of carbonyl (C=O) groups is 2. The fraction of sp³-hybridized carbons (Fsp3) is 0.125. The molecule has 0 aromatic heterocycles. The lowest BCUT2D eigenvalue weighted by atomic mass is 10.2. The molecule has 0 heterocycles. The lowest BCUT2D eigenvalue weighted by Gasteiger charge is -2.13. The van der Waals surface area contributed by atoms with Crippen LogP contribution in [-0.4, -0.2) is 34.5 Å². The second-order valence-corrected chi connectivity index (χ2v) is 6.52. The zero-order valence-electron chi connectivity index (χ0n) is 13.6. The molecule has 2 rings (SSSR count). The molecule has 8 nitrogen and oxygen atoms in total. The first-order chi connectivity index (χ1) is 11.9. The van der Waals surface area contributed by atoms with Gasteiger partial charge in [0, 0.05) is 24.4 Å². The van der Waals surface area contributed by atoms with Crippen LogP contribution < -0.4 is 20.1 Å². The van der Waals surface area contributed by atoms with Gasteiger partial charge in [0.2, 0.25) is 0 Å². The molecule has 3 N–H and O–H groups in total. The van der Waals surface area contributed by atoms with Crippen LogP contribution in [0.4, 0.5) is 10.5 Å². The number of sulfonamides is 1. The average molecular weight is 363 g/mol. The molecule has 0 fully saturated rings. The van der Waals surface area contributed by atoms with Crippen LogP contribution in [0.5, 0.6) is 5.75 Å². The van der Waals surface area contributed by atoms with Gasteiger partial charge in [-0.2, -0.15) is 0 Å². The highest BCUT2D eigenvalue weighted by Crippen LogP contribution is 2.27. The van der Waals surface area contributed by atoms with Crippen LogP contribution >= 0.6 is 0 Å². The third-order valence-electron chi connectivity index (χ3n) is 3.20. The van der Waals surface area contributed by atoms with Gasteiger partial charge in [-0.25, -0.2) is 17.9 Å². The van der Waals surface area contributed by atoms with Gasteiger partial charge in [-0.1, -0.05) is 18.2 Å². The highest BCUT2D eigenvalue weighted by Gasteiger charge is 2.23. The van der Waals surface area contributed by atoms with Crippen molar-refractivity contribution in [1.82, 2.24) is 10.0 Å². The van der Waals surface area contributed by atoms with Crippen molar-refractivity contribution in [3.05, 3.63) is 54.1 Å². The molecule has 9 heteroatoms. The van der Waals surface area contributed by atoms with Crippen molar-refractivity contribution in [3.63, 3.8) is 0 Å². The van der Waals surface area contributed by atoms with Crippen molar-refractivity contribution in [2.45, 2.75) is 4.90 Å². The lowest BCUT2D eigenvalue weighted by molar-refractivity contribution is 0.0981. The molecule has 0 bridgehead atoms. The smallest absolute Gasteiger partial charge is 0.318 e. The van der Waals surface area contributed by atoms with E-state index in [1.165, 1.54) is 44.5 Å². The summed E-state index contributed by atoms with van der Waals surface area (Å²) in [6, 6.07) is 11.5. The number of amides is 3. The number of nitrogens with one attached hydrogen (secondary N) is 3. The first kappa shape index (κ1) is 18.3. The van der Waals surface area contributed by atoms with Gasteiger partial charge in [-0.15, -0.1) is 0 Å². The third-order valence-corrected chi connectivity index (χ3v) is 4.57. The van der Waals surface area contributed by atoms with E-state index in [1.807, 2.05) is 4.72 Å². The molecule has 3 amide bonds. The van der Waals surface area contributed by atoms with E-state index in [-0.39, 0.29) is 16.2 Å². The Kier molecular flexibility index (Phi) is 5.60. The Labute approximate surface area is 145 Å². The van der Waals surface area contributed by atoms with Crippen LogP contribution in [0, 0.1) is 0 Å². The SMILES string of the molecule is CNC(=O)Nc1ccc(S(=O)(=O)NC(=O)c2ccccc2)c(OC)c1. The van der Waals surface area contributed by atoms with Gasteiger partial charge in [0.15, 0.2) is 0 Å². The molecular weight excluding hydrogens is 346 g/mol. The Morgan fingerprint density at radius 3 is 2.32 bits per heavy atom. The van der Waals surface area contributed by atoms with Crippen molar-refractivity contribution in [1.29, 1.82) is 0 Å². The number of anilines is 1. The Morgan fingerprint density at radius 2 is 1.72 bits per heavy atom. The van der Waals surface area contributed by atoms with Crippen molar-refractivity contribution in [2.24, 2.45) is 0 Å². The summed E-state index contributed by atoms with van der Waals surface area (Å²) in [5.41, 5.74) is 0.549. The molecule has 0 unspecified atom stereocenters. The number of hydrogen-bond donors (Lipinski definition) is 3. The van der Waals surface area contributed by atoms with Crippen molar-refractivity contribution in [3.8, 4) is 5.75 Å². The number of urea groups is 1. The summed E-state index contributed by atoms with van der Waals surface area (Å²) in [7, 11) is -1.42. The van der Waals surface area contributed by atoms with Crippen LogP contribution in [0.15, 0.2) is 53.4 Å². The Hall–Kier alpha value is -3.07. The van der Waals surface area contributed by atoms with Gasteiger partial charge < -0.3 is 15.4 Å². The minimum absolute atomic E-state index is 0.0118. The van der Waals surface area contributed by atoms with Gasteiger partial charge in [0.05, 0.1) is 7.11 Å². The second-order valence-electron chi connectivity index (χ2n) is 4.87. The van der Waals surface area contributed by atoms with Crippen LogP contribution in [0.25, 0.3) is 0 Å².